The van der Waals surface area contributed by atoms with Crippen LogP contribution in [0.25, 0.3) is 11.1 Å². The third-order valence-electron chi connectivity index (χ3n) is 6.34. The molecular weight excluding hydrogens is 417 g/mol. The van der Waals surface area contributed by atoms with Crippen molar-refractivity contribution >= 4 is 17.6 Å². The van der Waals surface area contributed by atoms with E-state index in [1.165, 1.54) is 35.4 Å². The van der Waals surface area contributed by atoms with Crippen LogP contribution in [0.4, 0.5) is 14.9 Å². The number of carbonyl (C=O) groups excluding carboxylic acids is 2. The van der Waals surface area contributed by atoms with Gasteiger partial charge in [0.15, 0.2) is 0 Å². The van der Waals surface area contributed by atoms with E-state index in [2.05, 4.69) is 17.0 Å². The Morgan fingerprint density at radius 1 is 0.697 bits per heavy atom. The number of imide groups is 1. The van der Waals surface area contributed by atoms with Gasteiger partial charge in [-0.15, -0.1) is 0 Å². The number of halogens is 1. The molecule has 2 aliphatic rings. The highest BCUT2D eigenvalue weighted by Crippen LogP contribution is 2.27. The molecule has 2 saturated heterocycles. The van der Waals surface area contributed by atoms with Crippen LogP contribution in [-0.4, -0.2) is 41.4 Å². The Labute approximate surface area is 193 Å². The zero-order valence-electron chi connectivity index (χ0n) is 18.4. The predicted octanol–water partition coefficient (Wildman–Crippen LogP) is 5.06. The molecule has 0 atom stereocenters. The lowest BCUT2D eigenvalue weighted by Crippen LogP contribution is -2.32. The molecule has 2 heterocycles. The van der Waals surface area contributed by atoms with Crippen molar-refractivity contribution in [2.24, 2.45) is 0 Å². The number of benzene rings is 3. The van der Waals surface area contributed by atoms with Gasteiger partial charge >= 0.3 is 6.03 Å². The molecule has 3 aromatic rings. The third-order valence-corrected chi connectivity index (χ3v) is 6.34. The molecule has 0 aliphatic carbocycles. The van der Waals surface area contributed by atoms with E-state index in [9.17, 15) is 14.0 Å². The fraction of sp³-hybridized carbons (Fsp3) is 0.259. The summed E-state index contributed by atoms with van der Waals surface area (Å²) in [7, 11) is 0. The monoisotopic (exact) mass is 443 g/mol. The van der Waals surface area contributed by atoms with Crippen molar-refractivity contribution < 1.29 is 14.0 Å². The summed E-state index contributed by atoms with van der Waals surface area (Å²) in [4.78, 5) is 30.9. The molecule has 2 fully saturated rings. The van der Waals surface area contributed by atoms with Gasteiger partial charge in [0.25, 0.3) is 5.91 Å². The second-order valence-corrected chi connectivity index (χ2v) is 8.72. The number of rotatable bonds is 6. The van der Waals surface area contributed by atoms with E-state index in [4.69, 9.17) is 0 Å². The van der Waals surface area contributed by atoms with Crippen molar-refractivity contribution in [3.05, 3.63) is 89.7 Å². The van der Waals surface area contributed by atoms with E-state index < -0.39 is 0 Å². The van der Waals surface area contributed by atoms with Crippen molar-refractivity contribution in [2.75, 3.05) is 24.5 Å². The van der Waals surface area contributed by atoms with Gasteiger partial charge in [-0.2, -0.15) is 0 Å². The molecule has 0 unspecified atom stereocenters. The Kier molecular flexibility index (Phi) is 5.92. The number of urea groups is 1. The van der Waals surface area contributed by atoms with E-state index in [0.29, 0.717) is 12.2 Å². The van der Waals surface area contributed by atoms with Gasteiger partial charge in [0.05, 0.1) is 5.69 Å². The van der Waals surface area contributed by atoms with Crippen molar-refractivity contribution in [1.82, 2.24) is 9.80 Å². The standard InChI is InChI=1S/C27H26FN3O2/c28-24-11-7-22(8-12-24)23-9-13-25(14-10-23)31-26(32)19-30(27(31)33)18-21-5-3-20(4-6-21)17-29-15-1-2-16-29/h3-14H,1-2,15-19H2. The summed E-state index contributed by atoms with van der Waals surface area (Å²) in [5.74, 6) is -0.523. The third kappa shape index (κ3) is 4.66. The zero-order chi connectivity index (χ0) is 22.8. The van der Waals surface area contributed by atoms with Crippen LogP contribution in [-0.2, 0) is 17.9 Å². The average molecular weight is 444 g/mol. The van der Waals surface area contributed by atoms with Gasteiger partial charge in [0.2, 0.25) is 0 Å². The van der Waals surface area contributed by atoms with Crippen molar-refractivity contribution in [3.8, 4) is 11.1 Å². The van der Waals surface area contributed by atoms with Crippen LogP contribution in [0.2, 0.25) is 0 Å². The van der Waals surface area contributed by atoms with Crippen molar-refractivity contribution in [1.29, 1.82) is 0 Å². The molecule has 3 aromatic carbocycles. The molecular formula is C27H26FN3O2. The number of hydrogen-bond acceptors (Lipinski definition) is 3. The number of likely N-dealkylation sites (tertiary alicyclic amines) is 1. The first-order chi connectivity index (χ1) is 16.1. The summed E-state index contributed by atoms with van der Waals surface area (Å²) in [5.41, 5.74) is 4.59. The molecule has 2 aliphatic heterocycles. The minimum Gasteiger partial charge on any atom is -0.310 e. The van der Waals surface area contributed by atoms with Gasteiger partial charge < -0.3 is 4.90 Å². The van der Waals surface area contributed by atoms with Gasteiger partial charge in [0, 0.05) is 13.1 Å². The van der Waals surface area contributed by atoms with Crippen LogP contribution >= 0.6 is 0 Å². The minimum absolute atomic E-state index is 0.0636. The van der Waals surface area contributed by atoms with E-state index in [0.717, 1.165) is 36.3 Å². The lowest BCUT2D eigenvalue weighted by Gasteiger charge is -2.18. The van der Waals surface area contributed by atoms with E-state index in [1.54, 1.807) is 29.2 Å². The summed E-state index contributed by atoms with van der Waals surface area (Å²) in [6, 6.07) is 21.4. The molecule has 3 amide bonds. The highest BCUT2D eigenvalue weighted by molar-refractivity contribution is 6.19. The van der Waals surface area contributed by atoms with E-state index >= 15 is 0 Å². The SMILES string of the molecule is O=C1CN(Cc2ccc(CN3CCCC3)cc2)C(=O)N1c1ccc(-c2ccc(F)cc2)cc1. The largest absolute Gasteiger partial charge is 0.332 e. The Bertz CT molecular complexity index is 1140. The number of carbonyl (C=O) groups is 2. The van der Waals surface area contributed by atoms with Crippen LogP contribution in [0.1, 0.15) is 24.0 Å². The van der Waals surface area contributed by atoms with Crippen LogP contribution < -0.4 is 4.90 Å². The topological polar surface area (TPSA) is 43.9 Å². The van der Waals surface area contributed by atoms with Gasteiger partial charge in [-0.25, -0.2) is 14.1 Å². The fourth-order valence-electron chi connectivity index (χ4n) is 4.54. The lowest BCUT2D eigenvalue weighted by molar-refractivity contribution is -0.116. The Balaban J connectivity index is 1.24. The van der Waals surface area contributed by atoms with Gasteiger partial charge in [-0.05, 0) is 72.5 Å². The second-order valence-electron chi connectivity index (χ2n) is 8.72. The van der Waals surface area contributed by atoms with Crippen LogP contribution in [0, 0.1) is 5.82 Å². The number of hydrogen-bond donors (Lipinski definition) is 0. The quantitative estimate of drug-likeness (QED) is 0.501. The summed E-state index contributed by atoms with van der Waals surface area (Å²) in [6.45, 7) is 3.75. The smallest absolute Gasteiger partial charge is 0.310 e. The first kappa shape index (κ1) is 21.3. The fourth-order valence-corrected chi connectivity index (χ4v) is 4.54. The molecule has 0 bridgehead atoms. The van der Waals surface area contributed by atoms with Crippen LogP contribution in [0.5, 0.6) is 0 Å². The van der Waals surface area contributed by atoms with E-state index in [1.807, 2.05) is 24.3 Å². The maximum atomic E-state index is 13.2. The maximum Gasteiger partial charge on any atom is 0.332 e. The summed E-state index contributed by atoms with van der Waals surface area (Å²) >= 11 is 0. The zero-order valence-corrected chi connectivity index (χ0v) is 18.4. The first-order valence-corrected chi connectivity index (χ1v) is 11.3. The van der Waals surface area contributed by atoms with Crippen molar-refractivity contribution in [2.45, 2.75) is 25.9 Å². The molecule has 5 nitrogen and oxygen atoms in total. The molecule has 5 rings (SSSR count). The maximum absolute atomic E-state index is 13.2. The van der Waals surface area contributed by atoms with Gasteiger partial charge in [-0.3, -0.25) is 9.69 Å². The molecule has 6 heteroatoms. The van der Waals surface area contributed by atoms with Crippen molar-refractivity contribution in [3.63, 3.8) is 0 Å². The van der Waals surface area contributed by atoms with Gasteiger partial charge in [0.1, 0.15) is 12.4 Å². The van der Waals surface area contributed by atoms with Crippen LogP contribution in [0.15, 0.2) is 72.8 Å². The highest BCUT2D eigenvalue weighted by atomic mass is 19.1. The molecule has 0 aromatic heterocycles. The summed E-state index contributed by atoms with van der Waals surface area (Å²) in [5, 5.41) is 0. The molecule has 33 heavy (non-hydrogen) atoms. The average Bonchev–Trinajstić information content (AvgIpc) is 3.43. The number of nitrogens with zero attached hydrogens (tertiary/aromatic N) is 3. The second kappa shape index (κ2) is 9.16. The minimum atomic E-state index is -0.310. The molecule has 0 N–H and O–H groups in total. The first-order valence-electron chi connectivity index (χ1n) is 11.3. The molecule has 168 valence electrons. The molecule has 0 radical (unpaired) electrons. The Hall–Kier alpha value is -3.51. The number of anilines is 1. The normalized spacial score (nSPS) is 16.8. The molecule has 0 spiro atoms. The highest BCUT2D eigenvalue weighted by Gasteiger charge is 2.37. The summed E-state index contributed by atoms with van der Waals surface area (Å²) in [6.07, 6.45) is 2.54. The van der Waals surface area contributed by atoms with E-state index in [-0.39, 0.29) is 24.3 Å². The lowest BCUT2D eigenvalue weighted by atomic mass is 10.1. The Morgan fingerprint density at radius 3 is 1.85 bits per heavy atom. The molecule has 0 saturated carbocycles. The Morgan fingerprint density at radius 2 is 1.24 bits per heavy atom. The van der Waals surface area contributed by atoms with Gasteiger partial charge in [-0.1, -0.05) is 48.5 Å². The van der Waals surface area contributed by atoms with Crippen LogP contribution in [0.3, 0.4) is 0 Å². The number of amides is 3. The predicted molar refractivity (Wildman–Crippen MR) is 126 cm³/mol. The summed E-state index contributed by atoms with van der Waals surface area (Å²) < 4.78 is 13.2.